The number of carbonyl (C=O) groups is 2. The van der Waals surface area contributed by atoms with Crippen LogP contribution in [0, 0.1) is 5.92 Å². The van der Waals surface area contributed by atoms with Crippen LogP contribution in [0.1, 0.15) is 17.2 Å². The molecule has 2 aromatic rings. The van der Waals surface area contributed by atoms with E-state index in [2.05, 4.69) is 5.32 Å². The van der Waals surface area contributed by atoms with Gasteiger partial charge in [0, 0.05) is 0 Å². The molecule has 6 nitrogen and oxygen atoms in total. The van der Waals surface area contributed by atoms with Gasteiger partial charge in [0.1, 0.15) is 18.1 Å². The van der Waals surface area contributed by atoms with Crippen molar-refractivity contribution >= 4 is 11.9 Å². The molecule has 130 valence electrons. The highest BCUT2D eigenvalue weighted by atomic mass is 16.5. The molecule has 0 unspecified atom stereocenters. The molecule has 0 aromatic heterocycles. The Morgan fingerprint density at radius 1 is 1.20 bits per heavy atom. The van der Waals surface area contributed by atoms with Gasteiger partial charge in [0.15, 0.2) is 6.04 Å². The Hall–Kier alpha value is -3.02. The lowest BCUT2D eigenvalue weighted by Crippen LogP contribution is -2.41. The van der Waals surface area contributed by atoms with Crippen LogP contribution in [0.2, 0.25) is 0 Å². The summed E-state index contributed by atoms with van der Waals surface area (Å²) in [4.78, 5) is 24.1. The Morgan fingerprint density at radius 2 is 1.92 bits per heavy atom. The molecule has 2 N–H and O–H groups in total. The van der Waals surface area contributed by atoms with Crippen molar-refractivity contribution in [1.29, 1.82) is 0 Å². The van der Waals surface area contributed by atoms with E-state index in [1.165, 1.54) is 7.11 Å². The lowest BCUT2D eigenvalue weighted by atomic mass is 9.95. The topological polar surface area (TPSA) is 84.9 Å². The number of hydrogen-bond acceptors (Lipinski definition) is 4. The number of para-hydroxylation sites is 1. The fourth-order valence-corrected chi connectivity index (χ4v) is 2.84. The first-order chi connectivity index (χ1) is 12.1. The van der Waals surface area contributed by atoms with Crippen molar-refractivity contribution in [3.63, 3.8) is 0 Å². The molecule has 0 aliphatic carbocycles. The molecule has 6 heteroatoms. The molecule has 3 rings (SSSR count). The largest absolute Gasteiger partial charge is 0.497 e. The van der Waals surface area contributed by atoms with Crippen LogP contribution in [-0.2, 0) is 16.0 Å². The van der Waals surface area contributed by atoms with Crippen LogP contribution in [0.3, 0.4) is 0 Å². The fraction of sp³-hybridized carbons (Fsp3) is 0.263. The first kappa shape index (κ1) is 16.8. The predicted octanol–water partition coefficient (Wildman–Crippen LogP) is 2.19. The molecular weight excluding hydrogens is 322 g/mol. The van der Waals surface area contributed by atoms with Crippen molar-refractivity contribution in [3.8, 4) is 11.5 Å². The number of nitrogens with one attached hydrogen (secondary N) is 1. The highest BCUT2D eigenvalue weighted by Crippen LogP contribution is 2.27. The number of carboxylic acids is 1. The number of ether oxygens (including phenoxy) is 2. The molecular formula is C19H19NO5. The summed E-state index contributed by atoms with van der Waals surface area (Å²) in [6.45, 7) is 0.234. The molecule has 1 aliphatic heterocycles. The highest BCUT2D eigenvalue weighted by molar-refractivity contribution is 5.86. The summed E-state index contributed by atoms with van der Waals surface area (Å²) in [5, 5.41) is 12.1. The first-order valence-electron chi connectivity index (χ1n) is 7.96. The summed E-state index contributed by atoms with van der Waals surface area (Å²) >= 11 is 0. The second-order valence-corrected chi connectivity index (χ2v) is 5.87. The Bertz CT molecular complexity index is 772. The summed E-state index contributed by atoms with van der Waals surface area (Å²) in [6, 6.07) is 13.0. The third kappa shape index (κ3) is 3.74. The van der Waals surface area contributed by atoms with Gasteiger partial charge in [-0.1, -0.05) is 30.3 Å². The second-order valence-electron chi connectivity index (χ2n) is 5.87. The maximum atomic E-state index is 12.5. The van der Waals surface area contributed by atoms with E-state index < -0.39 is 17.9 Å². The Morgan fingerprint density at radius 3 is 2.60 bits per heavy atom. The van der Waals surface area contributed by atoms with Crippen molar-refractivity contribution < 1.29 is 24.2 Å². The fourth-order valence-electron chi connectivity index (χ4n) is 2.84. The number of aliphatic carboxylic acids is 1. The van der Waals surface area contributed by atoms with Crippen LogP contribution in [0.5, 0.6) is 11.5 Å². The summed E-state index contributed by atoms with van der Waals surface area (Å²) in [5.41, 5.74) is 1.43. The molecule has 0 bridgehead atoms. The van der Waals surface area contributed by atoms with Gasteiger partial charge in [-0.3, -0.25) is 4.79 Å². The Kier molecular flexibility index (Phi) is 4.88. The maximum absolute atomic E-state index is 12.5. The summed E-state index contributed by atoms with van der Waals surface area (Å²) in [5.74, 6) is -0.476. The zero-order valence-corrected chi connectivity index (χ0v) is 13.8. The van der Waals surface area contributed by atoms with Crippen molar-refractivity contribution in [1.82, 2.24) is 5.32 Å². The molecule has 2 atom stereocenters. The van der Waals surface area contributed by atoms with Crippen molar-refractivity contribution in [3.05, 3.63) is 59.7 Å². The van der Waals surface area contributed by atoms with Gasteiger partial charge in [-0.05, 0) is 35.7 Å². The normalized spacial score (nSPS) is 16.9. The monoisotopic (exact) mass is 341 g/mol. The molecule has 2 aromatic carbocycles. The number of carbonyl (C=O) groups excluding carboxylic acids is 1. The molecule has 0 radical (unpaired) electrons. The van der Waals surface area contributed by atoms with Crippen LogP contribution in [0.25, 0.3) is 0 Å². The molecule has 0 saturated heterocycles. The standard InChI is InChI=1S/C19H19NO5/c1-24-15-8-6-12(7-9-15)17(19(22)23)20-18(21)14-10-13-4-2-3-5-16(13)25-11-14/h2-9,14,17H,10-11H2,1H3,(H,20,21)(H,22,23)/t14-,17+/m1/s1. The van der Waals surface area contributed by atoms with Crippen LogP contribution in [0.4, 0.5) is 0 Å². The van der Waals surface area contributed by atoms with E-state index >= 15 is 0 Å². The van der Waals surface area contributed by atoms with E-state index in [9.17, 15) is 14.7 Å². The number of methoxy groups -OCH3 is 1. The first-order valence-corrected chi connectivity index (χ1v) is 7.96. The lowest BCUT2D eigenvalue weighted by molar-refractivity contribution is -0.143. The average Bonchev–Trinajstić information content (AvgIpc) is 2.65. The smallest absolute Gasteiger partial charge is 0.330 e. The van der Waals surface area contributed by atoms with E-state index in [0.29, 0.717) is 17.7 Å². The lowest BCUT2D eigenvalue weighted by Gasteiger charge is -2.26. The van der Waals surface area contributed by atoms with E-state index in [0.717, 1.165) is 11.3 Å². The highest BCUT2D eigenvalue weighted by Gasteiger charge is 2.30. The molecule has 0 fully saturated rings. The summed E-state index contributed by atoms with van der Waals surface area (Å²) in [7, 11) is 1.53. The van der Waals surface area contributed by atoms with Crippen molar-refractivity contribution in [2.75, 3.05) is 13.7 Å². The quantitative estimate of drug-likeness (QED) is 0.871. The van der Waals surface area contributed by atoms with Crippen molar-refractivity contribution in [2.24, 2.45) is 5.92 Å². The predicted molar refractivity (Wildman–Crippen MR) is 90.6 cm³/mol. The minimum absolute atomic E-state index is 0.234. The molecule has 1 aliphatic rings. The van der Waals surface area contributed by atoms with Crippen LogP contribution in [0.15, 0.2) is 48.5 Å². The van der Waals surface area contributed by atoms with Gasteiger partial charge in [-0.25, -0.2) is 4.79 Å². The summed E-state index contributed by atoms with van der Waals surface area (Å²) in [6.07, 6.45) is 0.525. The van der Waals surface area contributed by atoms with Gasteiger partial charge in [0.2, 0.25) is 5.91 Å². The van der Waals surface area contributed by atoms with Gasteiger partial charge in [0.25, 0.3) is 0 Å². The third-order valence-corrected chi connectivity index (χ3v) is 4.23. The molecule has 0 spiro atoms. The SMILES string of the molecule is COc1ccc([C@H](NC(=O)[C@H]2COc3ccccc3C2)C(=O)O)cc1. The van der Waals surface area contributed by atoms with Gasteiger partial charge in [0.05, 0.1) is 13.0 Å². The zero-order valence-electron chi connectivity index (χ0n) is 13.8. The Labute approximate surface area is 145 Å². The molecule has 1 amide bonds. The van der Waals surface area contributed by atoms with E-state index in [4.69, 9.17) is 9.47 Å². The zero-order chi connectivity index (χ0) is 17.8. The van der Waals surface area contributed by atoms with Gasteiger partial charge in [-0.2, -0.15) is 0 Å². The minimum atomic E-state index is -1.12. The maximum Gasteiger partial charge on any atom is 0.330 e. The van der Waals surface area contributed by atoms with E-state index in [1.807, 2.05) is 24.3 Å². The number of rotatable bonds is 5. The van der Waals surface area contributed by atoms with Crippen molar-refractivity contribution in [2.45, 2.75) is 12.5 Å². The van der Waals surface area contributed by atoms with Gasteiger partial charge < -0.3 is 19.9 Å². The van der Waals surface area contributed by atoms with Gasteiger partial charge >= 0.3 is 5.97 Å². The third-order valence-electron chi connectivity index (χ3n) is 4.23. The number of amides is 1. The molecule has 1 heterocycles. The summed E-state index contributed by atoms with van der Waals surface area (Å²) < 4.78 is 10.7. The van der Waals surface area contributed by atoms with E-state index in [-0.39, 0.29) is 12.5 Å². The van der Waals surface area contributed by atoms with Crippen LogP contribution < -0.4 is 14.8 Å². The van der Waals surface area contributed by atoms with E-state index in [1.54, 1.807) is 24.3 Å². The number of hydrogen-bond donors (Lipinski definition) is 2. The Balaban J connectivity index is 1.72. The average molecular weight is 341 g/mol. The van der Waals surface area contributed by atoms with Crippen LogP contribution >= 0.6 is 0 Å². The second kappa shape index (κ2) is 7.25. The molecule has 0 saturated carbocycles. The number of fused-ring (bicyclic) bond motifs is 1. The number of benzene rings is 2. The van der Waals surface area contributed by atoms with Crippen LogP contribution in [-0.4, -0.2) is 30.7 Å². The van der Waals surface area contributed by atoms with Gasteiger partial charge in [-0.15, -0.1) is 0 Å². The minimum Gasteiger partial charge on any atom is -0.497 e. The number of carboxylic acid groups (broad SMARTS) is 1. The molecule has 25 heavy (non-hydrogen) atoms.